The molecule has 1 saturated heterocycles. The van der Waals surface area contributed by atoms with Crippen LogP contribution in [-0.4, -0.2) is 31.1 Å². The minimum Gasteiger partial charge on any atom is -0.383 e. The predicted octanol–water partition coefficient (Wildman–Crippen LogP) is 2.76. The fourth-order valence-corrected chi connectivity index (χ4v) is 2.33. The highest BCUT2D eigenvalue weighted by atomic mass is 15.2. The Bertz CT molecular complexity index is 318. The van der Waals surface area contributed by atoms with E-state index < -0.39 is 0 Å². The Morgan fingerprint density at radius 1 is 1.31 bits per heavy atom. The Morgan fingerprint density at radius 3 is 2.62 bits per heavy atom. The second-order valence-corrected chi connectivity index (χ2v) is 4.71. The normalized spacial score (nSPS) is 21.2. The molecule has 2 heteroatoms. The molecule has 0 bridgehead atoms. The van der Waals surface area contributed by atoms with Gasteiger partial charge in [-0.3, -0.25) is 0 Å². The van der Waals surface area contributed by atoms with Gasteiger partial charge in [0, 0.05) is 18.3 Å². The lowest BCUT2D eigenvalue weighted by atomic mass is 10.1. The van der Waals surface area contributed by atoms with Crippen molar-refractivity contribution < 1.29 is 0 Å². The van der Waals surface area contributed by atoms with Crippen molar-refractivity contribution in [1.82, 2.24) is 4.90 Å². The highest BCUT2D eigenvalue weighted by Gasteiger charge is 2.19. The number of rotatable bonds is 4. The Hall–Kier alpha value is -1.02. The zero-order valence-electron chi connectivity index (χ0n) is 10.4. The molecule has 0 radical (unpaired) electrons. The first kappa shape index (κ1) is 11.5. The molecule has 1 fully saturated rings. The first-order chi connectivity index (χ1) is 7.79. The molecule has 1 aliphatic rings. The largest absolute Gasteiger partial charge is 0.383 e. The van der Waals surface area contributed by atoms with Crippen LogP contribution in [0.3, 0.4) is 0 Å². The average molecular weight is 218 g/mol. The number of hydrogen-bond acceptors (Lipinski definition) is 2. The third-order valence-electron chi connectivity index (χ3n) is 3.58. The molecule has 1 unspecified atom stereocenters. The minimum atomic E-state index is 0.714. The van der Waals surface area contributed by atoms with Crippen LogP contribution in [0.2, 0.25) is 0 Å². The first-order valence-corrected chi connectivity index (χ1v) is 6.32. The zero-order chi connectivity index (χ0) is 11.4. The summed E-state index contributed by atoms with van der Waals surface area (Å²) >= 11 is 0. The van der Waals surface area contributed by atoms with Crippen LogP contribution in [-0.2, 0) is 6.42 Å². The molecule has 0 aromatic heterocycles. The van der Waals surface area contributed by atoms with Crippen molar-refractivity contribution in [2.45, 2.75) is 32.2 Å². The van der Waals surface area contributed by atoms with Crippen molar-refractivity contribution in [1.29, 1.82) is 0 Å². The molecule has 88 valence electrons. The number of nitrogens with one attached hydrogen (secondary N) is 1. The van der Waals surface area contributed by atoms with Crippen molar-refractivity contribution in [2.24, 2.45) is 0 Å². The maximum Gasteiger partial charge on any atom is 0.0340 e. The maximum atomic E-state index is 3.53. The molecule has 1 atom stereocenters. The smallest absolute Gasteiger partial charge is 0.0340 e. The molecule has 0 amide bonds. The number of likely N-dealkylation sites (N-methyl/N-ethyl adjacent to an activating group) is 1. The molecule has 16 heavy (non-hydrogen) atoms. The Labute approximate surface area is 98.7 Å². The molecule has 2 nitrogen and oxygen atoms in total. The summed E-state index contributed by atoms with van der Waals surface area (Å²) < 4.78 is 0. The van der Waals surface area contributed by atoms with Gasteiger partial charge in [-0.05, 0) is 50.6 Å². The van der Waals surface area contributed by atoms with Gasteiger partial charge in [-0.25, -0.2) is 0 Å². The zero-order valence-corrected chi connectivity index (χ0v) is 10.4. The fraction of sp³-hybridized carbons (Fsp3) is 0.571. The van der Waals surface area contributed by atoms with Crippen LogP contribution in [0.1, 0.15) is 25.3 Å². The Morgan fingerprint density at radius 2 is 2.06 bits per heavy atom. The van der Waals surface area contributed by atoms with E-state index >= 15 is 0 Å². The third kappa shape index (κ3) is 2.76. The molecule has 0 spiro atoms. The number of anilines is 1. The quantitative estimate of drug-likeness (QED) is 0.836. The summed E-state index contributed by atoms with van der Waals surface area (Å²) in [6.45, 7) is 4.51. The number of benzene rings is 1. The fourth-order valence-electron chi connectivity index (χ4n) is 2.33. The standard InChI is InChI=1S/C14H22N2/c1-3-12-6-8-13(9-7-12)15-11-14-5-4-10-16(14)2/h6-9,14-15H,3-5,10-11H2,1-2H3. The van der Waals surface area contributed by atoms with E-state index in [0.717, 1.165) is 13.0 Å². The van der Waals surface area contributed by atoms with Crippen LogP contribution in [0.5, 0.6) is 0 Å². The number of hydrogen-bond donors (Lipinski definition) is 1. The van der Waals surface area contributed by atoms with Gasteiger partial charge in [-0.15, -0.1) is 0 Å². The van der Waals surface area contributed by atoms with Gasteiger partial charge in [0.15, 0.2) is 0 Å². The number of nitrogens with zero attached hydrogens (tertiary/aromatic N) is 1. The third-order valence-corrected chi connectivity index (χ3v) is 3.58. The SMILES string of the molecule is CCc1ccc(NCC2CCCN2C)cc1. The van der Waals surface area contributed by atoms with Crippen LogP contribution in [0.4, 0.5) is 5.69 Å². The lowest BCUT2D eigenvalue weighted by molar-refractivity contribution is 0.322. The molecule has 1 heterocycles. The Balaban J connectivity index is 1.84. The van der Waals surface area contributed by atoms with Crippen LogP contribution in [0.15, 0.2) is 24.3 Å². The van der Waals surface area contributed by atoms with E-state index in [-0.39, 0.29) is 0 Å². The summed E-state index contributed by atoms with van der Waals surface area (Å²) in [6, 6.07) is 9.51. The molecule has 1 aliphatic heterocycles. The van der Waals surface area contributed by atoms with E-state index in [2.05, 4.69) is 48.5 Å². The summed E-state index contributed by atoms with van der Waals surface area (Å²) in [5.41, 5.74) is 2.65. The monoisotopic (exact) mass is 218 g/mol. The van der Waals surface area contributed by atoms with Gasteiger partial charge < -0.3 is 10.2 Å². The van der Waals surface area contributed by atoms with E-state index in [1.165, 1.54) is 30.6 Å². The van der Waals surface area contributed by atoms with E-state index in [9.17, 15) is 0 Å². The second-order valence-electron chi connectivity index (χ2n) is 4.71. The van der Waals surface area contributed by atoms with Gasteiger partial charge in [0.2, 0.25) is 0 Å². The summed E-state index contributed by atoms with van der Waals surface area (Å²) in [4.78, 5) is 2.45. The van der Waals surface area contributed by atoms with Gasteiger partial charge in [-0.2, -0.15) is 0 Å². The second kappa shape index (κ2) is 5.35. The van der Waals surface area contributed by atoms with Gasteiger partial charge >= 0.3 is 0 Å². The highest BCUT2D eigenvalue weighted by Crippen LogP contribution is 2.16. The Kier molecular flexibility index (Phi) is 3.83. The topological polar surface area (TPSA) is 15.3 Å². The van der Waals surface area contributed by atoms with Crippen molar-refractivity contribution in [3.05, 3.63) is 29.8 Å². The van der Waals surface area contributed by atoms with Gasteiger partial charge in [0.05, 0.1) is 0 Å². The number of aryl methyl sites for hydroxylation is 1. The number of likely N-dealkylation sites (tertiary alicyclic amines) is 1. The molecule has 1 N–H and O–H groups in total. The lowest BCUT2D eigenvalue weighted by Crippen LogP contribution is -2.31. The van der Waals surface area contributed by atoms with Crippen molar-refractivity contribution >= 4 is 5.69 Å². The molecule has 0 saturated carbocycles. The van der Waals surface area contributed by atoms with Crippen molar-refractivity contribution in [3.8, 4) is 0 Å². The van der Waals surface area contributed by atoms with E-state index in [4.69, 9.17) is 0 Å². The van der Waals surface area contributed by atoms with E-state index in [0.29, 0.717) is 6.04 Å². The average Bonchev–Trinajstić information content (AvgIpc) is 2.73. The molecule has 1 aromatic carbocycles. The highest BCUT2D eigenvalue weighted by molar-refractivity contribution is 5.44. The molecular formula is C14H22N2. The van der Waals surface area contributed by atoms with E-state index in [1.807, 2.05) is 0 Å². The van der Waals surface area contributed by atoms with E-state index in [1.54, 1.807) is 0 Å². The molecule has 2 rings (SSSR count). The first-order valence-electron chi connectivity index (χ1n) is 6.32. The minimum absolute atomic E-state index is 0.714. The predicted molar refractivity (Wildman–Crippen MR) is 70.0 cm³/mol. The van der Waals surface area contributed by atoms with Crippen LogP contribution >= 0.6 is 0 Å². The molecule has 1 aromatic rings. The van der Waals surface area contributed by atoms with Gasteiger partial charge in [0.1, 0.15) is 0 Å². The van der Waals surface area contributed by atoms with Crippen molar-refractivity contribution in [2.75, 3.05) is 25.5 Å². The lowest BCUT2D eigenvalue weighted by Gasteiger charge is -2.20. The summed E-state index contributed by atoms with van der Waals surface area (Å²) in [6.07, 6.45) is 3.79. The maximum absolute atomic E-state index is 3.53. The van der Waals surface area contributed by atoms with Crippen LogP contribution < -0.4 is 5.32 Å². The summed E-state index contributed by atoms with van der Waals surface area (Å²) in [5.74, 6) is 0. The van der Waals surface area contributed by atoms with Crippen molar-refractivity contribution in [3.63, 3.8) is 0 Å². The van der Waals surface area contributed by atoms with Gasteiger partial charge in [0.25, 0.3) is 0 Å². The van der Waals surface area contributed by atoms with Crippen LogP contribution in [0.25, 0.3) is 0 Å². The molecule has 0 aliphatic carbocycles. The van der Waals surface area contributed by atoms with Crippen LogP contribution in [0, 0.1) is 0 Å². The summed E-state index contributed by atoms with van der Waals surface area (Å²) in [7, 11) is 2.22. The summed E-state index contributed by atoms with van der Waals surface area (Å²) in [5, 5.41) is 3.53. The molecular weight excluding hydrogens is 196 g/mol. The van der Waals surface area contributed by atoms with Gasteiger partial charge in [-0.1, -0.05) is 19.1 Å².